The standard InChI is InChI=1S/C14H22N2O4S/c1-3-5-6-11(4-2)9-16-21(19,20)13-8-7-12(10-15-13)14(17)18/h7-8,10-11,16H,3-6,9H2,1-2H3,(H,17,18). The lowest BCUT2D eigenvalue weighted by molar-refractivity contribution is 0.0696. The van der Waals surface area contributed by atoms with E-state index in [2.05, 4.69) is 16.6 Å². The number of carbonyl (C=O) groups is 1. The Morgan fingerprint density at radius 2 is 2.10 bits per heavy atom. The Balaban J connectivity index is 2.70. The molecule has 0 radical (unpaired) electrons. The summed E-state index contributed by atoms with van der Waals surface area (Å²) in [6, 6.07) is 2.44. The molecule has 2 N–H and O–H groups in total. The number of rotatable bonds is 9. The fourth-order valence-corrected chi connectivity index (χ4v) is 2.95. The van der Waals surface area contributed by atoms with Gasteiger partial charge in [-0.2, -0.15) is 0 Å². The average Bonchev–Trinajstić information content (AvgIpc) is 2.47. The van der Waals surface area contributed by atoms with Gasteiger partial charge in [-0.05, 0) is 24.5 Å². The maximum atomic E-state index is 12.1. The lowest BCUT2D eigenvalue weighted by Crippen LogP contribution is -2.30. The molecule has 0 aliphatic heterocycles. The Morgan fingerprint density at radius 3 is 2.57 bits per heavy atom. The quantitative estimate of drug-likeness (QED) is 0.729. The third-order valence-electron chi connectivity index (χ3n) is 3.36. The van der Waals surface area contributed by atoms with E-state index in [9.17, 15) is 13.2 Å². The van der Waals surface area contributed by atoms with Gasteiger partial charge < -0.3 is 5.11 Å². The molecule has 1 unspecified atom stereocenters. The average molecular weight is 314 g/mol. The predicted octanol–water partition coefficient (Wildman–Crippen LogP) is 2.27. The van der Waals surface area contributed by atoms with Crippen molar-refractivity contribution < 1.29 is 18.3 Å². The third-order valence-corrected chi connectivity index (χ3v) is 4.70. The van der Waals surface area contributed by atoms with Gasteiger partial charge in [0.2, 0.25) is 0 Å². The number of pyridine rings is 1. The summed E-state index contributed by atoms with van der Waals surface area (Å²) >= 11 is 0. The minimum absolute atomic E-state index is 0.0386. The predicted molar refractivity (Wildman–Crippen MR) is 79.7 cm³/mol. The van der Waals surface area contributed by atoms with E-state index in [4.69, 9.17) is 5.11 Å². The zero-order chi connectivity index (χ0) is 15.9. The normalized spacial score (nSPS) is 13.0. The van der Waals surface area contributed by atoms with E-state index in [0.29, 0.717) is 12.5 Å². The van der Waals surface area contributed by atoms with Crippen LogP contribution < -0.4 is 4.72 Å². The van der Waals surface area contributed by atoms with Crippen molar-refractivity contribution in [2.75, 3.05) is 6.54 Å². The van der Waals surface area contributed by atoms with Gasteiger partial charge in [0.05, 0.1) is 5.56 Å². The van der Waals surface area contributed by atoms with Crippen LogP contribution in [0.5, 0.6) is 0 Å². The van der Waals surface area contributed by atoms with Crippen LogP contribution in [0, 0.1) is 5.92 Å². The highest BCUT2D eigenvalue weighted by Crippen LogP contribution is 2.13. The first-order valence-corrected chi connectivity index (χ1v) is 8.58. The Morgan fingerprint density at radius 1 is 1.38 bits per heavy atom. The van der Waals surface area contributed by atoms with Gasteiger partial charge in [0, 0.05) is 12.7 Å². The lowest BCUT2D eigenvalue weighted by atomic mass is 10.00. The van der Waals surface area contributed by atoms with Crippen LogP contribution in [0.1, 0.15) is 49.9 Å². The molecule has 0 amide bonds. The van der Waals surface area contributed by atoms with Gasteiger partial charge in [-0.25, -0.2) is 22.9 Å². The topological polar surface area (TPSA) is 96.4 Å². The molecule has 1 rings (SSSR count). The Bertz CT molecular complexity index is 555. The summed E-state index contributed by atoms with van der Waals surface area (Å²) in [5.74, 6) is -0.831. The van der Waals surface area contributed by atoms with Crippen LogP contribution >= 0.6 is 0 Å². The molecule has 0 aliphatic carbocycles. The minimum Gasteiger partial charge on any atom is -0.478 e. The number of carboxylic acid groups (broad SMARTS) is 1. The molecule has 0 saturated carbocycles. The van der Waals surface area contributed by atoms with Crippen molar-refractivity contribution in [3.05, 3.63) is 23.9 Å². The molecule has 0 spiro atoms. The Hall–Kier alpha value is -1.47. The van der Waals surface area contributed by atoms with Gasteiger partial charge in [-0.3, -0.25) is 0 Å². The highest BCUT2D eigenvalue weighted by Gasteiger charge is 2.18. The monoisotopic (exact) mass is 314 g/mol. The lowest BCUT2D eigenvalue weighted by Gasteiger charge is -2.15. The highest BCUT2D eigenvalue weighted by atomic mass is 32.2. The molecule has 0 fully saturated rings. The number of nitrogens with one attached hydrogen (secondary N) is 1. The van der Waals surface area contributed by atoms with Gasteiger partial charge in [-0.1, -0.05) is 33.1 Å². The Kier molecular flexibility index (Phi) is 6.77. The highest BCUT2D eigenvalue weighted by molar-refractivity contribution is 7.89. The largest absolute Gasteiger partial charge is 0.478 e. The van der Waals surface area contributed by atoms with Crippen molar-refractivity contribution in [1.29, 1.82) is 0 Å². The summed E-state index contributed by atoms with van der Waals surface area (Å²) in [6.07, 6.45) is 5.10. The fourth-order valence-electron chi connectivity index (χ4n) is 1.91. The number of carboxylic acids is 1. The van der Waals surface area contributed by atoms with Crippen molar-refractivity contribution >= 4 is 16.0 Å². The van der Waals surface area contributed by atoms with E-state index in [1.807, 2.05) is 6.92 Å². The van der Waals surface area contributed by atoms with E-state index >= 15 is 0 Å². The van der Waals surface area contributed by atoms with E-state index in [0.717, 1.165) is 31.9 Å². The van der Waals surface area contributed by atoms with E-state index in [1.165, 1.54) is 12.1 Å². The molecule has 1 aromatic heterocycles. The molecule has 1 aromatic rings. The molecule has 0 aromatic carbocycles. The van der Waals surface area contributed by atoms with Crippen LogP contribution in [0.4, 0.5) is 0 Å². The van der Waals surface area contributed by atoms with Gasteiger partial charge in [0.25, 0.3) is 10.0 Å². The van der Waals surface area contributed by atoms with Crippen LogP contribution in [0.25, 0.3) is 0 Å². The number of sulfonamides is 1. The first kappa shape index (κ1) is 17.6. The van der Waals surface area contributed by atoms with Crippen LogP contribution in [0.3, 0.4) is 0 Å². The van der Waals surface area contributed by atoms with Crippen LogP contribution in [0.15, 0.2) is 23.4 Å². The molecule has 21 heavy (non-hydrogen) atoms. The minimum atomic E-state index is -3.69. The number of unbranched alkanes of at least 4 members (excludes halogenated alkanes) is 1. The molecular weight excluding hydrogens is 292 g/mol. The van der Waals surface area contributed by atoms with Crippen molar-refractivity contribution in [2.24, 2.45) is 5.92 Å². The summed E-state index contributed by atoms with van der Waals surface area (Å²) in [7, 11) is -3.69. The van der Waals surface area contributed by atoms with Crippen molar-refractivity contribution in [3.63, 3.8) is 0 Å². The second kappa shape index (κ2) is 8.09. The molecule has 0 bridgehead atoms. The van der Waals surface area contributed by atoms with E-state index in [-0.39, 0.29) is 10.6 Å². The smallest absolute Gasteiger partial charge is 0.337 e. The third kappa shape index (κ3) is 5.43. The van der Waals surface area contributed by atoms with E-state index < -0.39 is 16.0 Å². The second-order valence-electron chi connectivity index (χ2n) is 4.96. The van der Waals surface area contributed by atoms with Gasteiger partial charge >= 0.3 is 5.97 Å². The molecule has 0 aliphatic rings. The maximum Gasteiger partial charge on any atom is 0.337 e. The summed E-state index contributed by atoms with van der Waals surface area (Å²) in [5.41, 5.74) is -0.0386. The zero-order valence-corrected chi connectivity index (χ0v) is 13.2. The molecule has 1 heterocycles. The van der Waals surface area contributed by atoms with Crippen LogP contribution in [0.2, 0.25) is 0 Å². The molecule has 6 nitrogen and oxygen atoms in total. The number of hydrogen-bond donors (Lipinski definition) is 2. The SMILES string of the molecule is CCCCC(CC)CNS(=O)(=O)c1ccc(C(=O)O)cn1. The van der Waals surface area contributed by atoms with Gasteiger partial charge in [0.15, 0.2) is 5.03 Å². The molecular formula is C14H22N2O4S. The van der Waals surface area contributed by atoms with Crippen molar-refractivity contribution in [3.8, 4) is 0 Å². The van der Waals surface area contributed by atoms with Crippen LogP contribution in [-0.2, 0) is 10.0 Å². The van der Waals surface area contributed by atoms with Gasteiger partial charge in [-0.15, -0.1) is 0 Å². The first-order valence-electron chi connectivity index (χ1n) is 7.09. The van der Waals surface area contributed by atoms with Crippen molar-refractivity contribution in [1.82, 2.24) is 9.71 Å². The molecule has 7 heteroatoms. The number of nitrogens with zero attached hydrogens (tertiary/aromatic N) is 1. The maximum absolute atomic E-state index is 12.1. The van der Waals surface area contributed by atoms with Gasteiger partial charge in [0.1, 0.15) is 0 Å². The Labute approximate surface area is 125 Å². The molecule has 0 saturated heterocycles. The summed E-state index contributed by atoms with van der Waals surface area (Å²) in [4.78, 5) is 14.4. The van der Waals surface area contributed by atoms with Crippen LogP contribution in [-0.4, -0.2) is 31.0 Å². The number of hydrogen-bond acceptors (Lipinski definition) is 4. The fraction of sp³-hybridized carbons (Fsp3) is 0.571. The van der Waals surface area contributed by atoms with Crippen molar-refractivity contribution in [2.45, 2.75) is 44.6 Å². The zero-order valence-electron chi connectivity index (χ0n) is 12.4. The summed E-state index contributed by atoms with van der Waals surface area (Å²) < 4.78 is 26.7. The molecule has 118 valence electrons. The van der Waals surface area contributed by atoms with E-state index in [1.54, 1.807) is 0 Å². The second-order valence-corrected chi connectivity index (χ2v) is 6.67. The molecule has 1 atom stereocenters. The summed E-state index contributed by atoms with van der Waals surface area (Å²) in [5, 5.41) is 8.61. The summed E-state index contributed by atoms with van der Waals surface area (Å²) in [6.45, 7) is 4.51. The number of aromatic nitrogens is 1. The number of aromatic carboxylic acids is 1. The first-order chi connectivity index (χ1) is 9.90.